The van der Waals surface area contributed by atoms with Crippen LogP contribution in [0.15, 0.2) is 0 Å². The van der Waals surface area contributed by atoms with Gasteiger partial charge in [0.25, 0.3) is 0 Å². The van der Waals surface area contributed by atoms with Crippen molar-refractivity contribution >= 4 is 0 Å². The van der Waals surface area contributed by atoms with Crippen molar-refractivity contribution in [2.24, 2.45) is 5.92 Å². The van der Waals surface area contributed by atoms with Crippen LogP contribution in [-0.4, -0.2) is 37.1 Å². The lowest BCUT2D eigenvalue weighted by atomic mass is 9.76. The van der Waals surface area contributed by atoms with Crippen molar-refractivity contribution in [3.8, 4) is 0 Å². The minimum absolute atomic E-state index is 0.889. The predicted molar refractivity (Wildman–Crippen MR) is 65.1 cm³/mol. The quantitative estimate of drug-likeness (QED) is 0.676. The highest BCUT2D eigenvalue weighted by Gasteiger charge is 2.37. The Morgan fingerprint density at radius 1 is 1.20 bits per heavy atom. The summed E-state index contributed by atoms with van der Waals surface area (Å²) in [6.07, 6.45) is 8.49. The molecule has 2 aliphatic rings. The van der Waals surface area contributed by atoms with Crippen LogP contribution in [0.1, 0.15) is 45.4 Å². The van der Waals surface area contributed by atoms with Gasteiger partial charge in [0.1, 0.15) is 0 Å². The molecule has 2 unspecified atom stereocenters. The van der Waals surface area contributed by atoms with Crippen molar-refractivity contribution in [2.75, 3.05) is 20.1 Å². The van der Waals surface area contributed by atoms with Crippen LogP contribution in [0.5, 0.6) is 0 Å². The lowest BCUT2D eigenvalue weighted by Gasteiger charge is -2.48. The van der Waals surface area contributed by atoms with Crippen LogP contribution in [0.3, 0.4) is 0 Å². The van der Waals surface area contributed by atoms with Crippen molar-refractivity contribution < 1.29 is 0 Å². The minimum atomic E-state index is 0.889. The third-order valence-electron chi connectivity index (χ3n) is 4.38. The molecule has 0 bridgehead atoms. The molecular weight excluding hydrogens is 184 g/mol. The molecule has 2 atom stereocenters. The summed E-state index contributed by atoms with van der Waals surface area (Å²) in [6, 6.07) is 1.81. The molecular formula is C13H26N2. The fourth-order valence-corrected chi connectivity index (χ4v) is 2.85. The molecule has 0 aliphatic heterocycles. The van der Waals surface area contributed by atoms with Crippen LogP contribution in [0, 0.1) is 5.92 Å². The Bertz CT molecular complexity index is 189. The summed E-state index contributed by atoms with van der Waals surface area (Å²) in [4.78, 5) is 2.67. The Morgan fingerprint density at radius 2 is 2.00 bits per heavy atom. The molecule has 2 nitrogen and oxygen atoms in total. The van der Waals surface area contributed by atoms with Crippen molar-refractivity contribution in [3.63, 3.8) is 0 Å². The maximum atomic E-state index is 3.57. The summed E-state index contributed by atoms with van der Waals surface area (Å²) in [7, 11) is 2.35. The second kappa shape index (κ2) is 5.31. The number of rotatable bonds is 6. The first-order valence-corrected chi connectivity index (χ1v) is 6.75. The normalized spacial score (nSPS) is 31.4. The Balaban J connectivity index is 1.68. The second-order valence-corrected chi connectivity index (χ2v) is 5.36. The Kier molecular flexibility index (Phi) is 4.04. The van der Waals surface area contributed by atoms with Gasteiger partial charge >= 0.3 is 0 Å². The van der Waals surface area contributed by atoms with Crippen LogP contribution >= 0.6 is 0 Å². The van der Waals surface area contributed by atoms with Gasteiger partial charge in [0.15, 0.2) is 0 Å². The zero-order chi connectivity index (χ0) is 10.7. The Hall–Kier alpha value is -0.0800. The largest absolute Gasteiger partial charge is 0.316 e. The van der Waals surface area contributed by atoms with Gasteiger partial charge in [0.2, 0.25) is 0 Å². The molecule has 0 aromatic carbocycles. The number of hydrogen-bond donors (Lipinski definition) is 1. The van der Waals surface area contributed by atoms with Crippen molar-refractivity contribution in [2.45, 2.75) is 57.5 Å². The van der Waals surface area contributed by atoms with Gasteiger partial charge in [-0.2, -0.15) is 0 Å². The average Bonchev–Trinajstić information content (AvgIpc) is 2.07. The summed E-state index contributed by atoms with van der Waals surface area (Å²) < 4.78 is 0. The first-order chi connectivity index (χ1) is 7.33. The van der Waals surface area contributed by atoms with E-state index in [-0.39, 0.29) is 0 Å². The van der Waals surface area contributed by atoms with E-state index in [9.17, 15) is 0 Å². The summed E-state index contributed by atoms with van der Waals surface area (Å²) in [6.45, 7) is 4.68. The van der Waals surface area contributed by atoms with Gasteiger partial charge in [0, 0.05) is 12.1 Å². The van der Waals surface area contributed by atoms with Crippen LogP contribution in [-0.2, 0) is 0 Å². The summed E-state index contributed by atoms with van der Waals surface area (Å²) in [5, 5.41) is 3.57. The molecule has 88 valence electrons. The number of nitrogens with zero attached hydrogens (tertiary/aromatic N) is 1. The fourth-order valence-electron chi connectivity index (χ4n) is 2.85. The standard InChI is InChI=1S/C13H26N2/c1-3-9-14-10-11-7-8-13(11)15(2)12-5-4-6-12/h11-14H,3-10H2,1-2H3. The van der Waals surface area contributed by atoms with Crippen LogP contribution in [0.2, 0.25) is 0 Å². The molecule has 0 heterocycles. The van der Waals surface area contributed by atoms with E-state index in [1.54, 1.807) is 0 Å². The van der Waals surface area contributed by atoms with Gasteiger partial charge in [-0.05, 0) is 58.2 Å². The highest BCUT2D eigenvalue weighted by molar-refractivity contribution is 4.93. The van der Waals surface area contributed by atoms with Crippen LogP contribution < -0.4 is 5.32 Å². The van der Waals surface area contributed by atoms with Gasteiger partial charge in [-0.15, -0.1) is 0 Å². The van der Waals surface area contributed by atoms with E-state index in [4.69, 9.17) is 0 Å². The first-order valence-electron chi connectivity index (χ1n) is 6.75. The van der Waals surface area contributed by atoms with Gasteiger partial charge in [-0.1, -0.05) is 13.3 Å². The lowest BCUT2D eigenvalue weighted by Crippen LogP contribution is -2.54. The first kappa shape index (κ1) is 11.4. The highest BCUT2D eigenvalue weighted by atomic mass is 15.2. The maximum Gasteiger partial charge on any atom is 0.0136 e. The van der Waals surface area contributed by atoms with E-state index in [1.165, 1.54) is 51.6 Å². The number of nitrogens with one attached hydrogen (secondary N) is 1. The lowest BCUT2D eigenvalue weighted by molar-refractivity contribution is 0.0215. The van der Waals surface area contributed by atoms with E-state index in [2.05, 4.69) is 24.2 Å². The van der Waals surface area contributed by atoms with E-state index in [0.29, 0.717) is 0 Å². The minimum Gasteiger partial charge on any atom is -0.316 e. The van der Waals surface area contributed by atoms with Crippen LogP contribution in [0.4, 0.5) is 0 Å². The topological polar surface area (TPSA) is 15.3 Å². The SMILES string of the molecule is CCCNCC1CCC1N(C)C1CCC1. The summed E-state index contributed by atoms with van der Waals surface area (Å²) in [5.74, 6) is 0.933. The smallest absolute Gasteiger partial charge is 0.0136 e. The molecule has 1 N–H and O–H groups in total. The molecule has 15 heavy (non-hydrogen) atoms. The van der Waals surface area contributed by atoms with E-state index in [0.717, 1.165) is 18.0 Å². The number of hydrogen-bond acceptors (Lipinski definition) is 2. The molecule has 0 saturated heterocycles. The average molecular weight is 210 g/mol. The third-order valence-corrected chi connectivity index (χ3v) is 4.38. The highest BCUT2D eigenvalue weighted by Crippen LogP contribution is 2.36. The predicted octanol–water partition coefficient (Wildman–Crippen LogP) is 2.25. The zero-order valence-electron chi connectivity index (χ0n) is 10.3. The maximum absolute atomic E-state index is 3.57. The molecule has 2 aliphatic carbocycles. The molecule has 0 aromatic rings. The molecule has 2 rings (SSSR count). The van der Waals surface area contributed by atoms with Crippen molar-refractivity contribution in [1.29, 1.82) is 0 Å². The molecule has 2 saturated carbocycles. The van der Waals surface area contributed by atoms with Gasteiger partial charge in [0.05, 0.1) is 0 Å². The molecule has 0 radical (unpaired) electrons. The van der Waals surface area contributed by atoms with Gasteiger partial charge < -0.3 is 10.2 Å². The zero-order valence-corrected chi connectivity index (χ0v) is 10.3. The fraction of sp³-hybridized carbons (Fsp3) is 1.00. The molecule has 0 aromatic heterocycles. The van der Waals surface area contributed by atoms with Gasteiger partial charge in [-0.25, -0.2) is 0 Å². The monoisotopic (exact) mass is 210 g/mol. The molecule has 0 spiro atoms. The van der Waals surface area contributed by atoms with E-state index in [1.807, 2.05) is 0 Å². The van der Waals surface area contributed by atoms with E-state index >= 15 is 0 Å². The third kappa shape index (κ3) is 2.54. The van der Waals surface area contributed by atoms with Crippen LogP contribution in [0.25, 0.3) is 0 Å². The Labute approximate surface area is 94.4 Å². The molecule has 2 heteroatoms. The van der Waals surface area contributed by atoms with Crippen molar-refractivity contribution in [1.82, 2.24) is 10.2 Å². The second-order valence-electron chi connectivity index (χ2n) is 5.36. The molecule has 0 amide bonds. The summed E-state index contributed by atoms with van der Waals surface area (Å²) in [5.41, 5.74) is 0. The van der Waals surface area contributed by atoms with Crippen molar-refractivity contribution in [3.05, 3.63) is 0 Å². The summed E-state index contributed by atoms with van der Waals surface area (Å²) >= 11 is 0. The Morgan fingerprint density at radius 3 is 2.47 bits per heavy atom. The molecule has 2 fully saturated rings. The van der Waals surface area contributed by atoms with E-state index < -0.39 is 0 Å². The van der Waals surface area contributed by atoms with Gasteiger partial charge in [-0.3, -0.25) is 0 Å².